The number of hydrogen-bond donors (Lipinski definition) is 0. The smallest absolute Gasteiger partial charge is 0.265 e. The SMILES string of the molecule is CC1CN(C(=O)CN2C(=O)COc3ccc(Cl)cc32)CCO1. The number of ether oxygens (including phenoxy) is 2. The molecule has 1 unspecified atom stereocenters. The maximum Gasteiger partial charge on any atom is 0.265 e. The Bertz CT molecular complexity index is 607. The molecule has 1 saturated heterocycles. The minimum Gasteiger partial charge on any atom is -0.482 e. The number of halogens is 1. The van der Waals surface area contributed by atoms with Crippen molar-refractivity contribution in [2.24, 2.45) is 0 Å². The molecule has 1 atom stereocenters. The van der Waals surface area contributed by atoms with E-state index in [0.29, 0.717) is 36.2 Å². The Labute approximate surface area is 133 Å². The quantitative estimate of drug-likeness (QED) is 0.823. The van der Waals surface area contributed by atoms with Gasteiger partial charge in [0.25, 0.3) is 5.91 Å². The van der Waals surface area contributed by atoms with Gasteiger partial charge in [0, 0.05) is 18.1 Å². The number of amides is 2. The van der Waals surface area contributed by atoms with E-state index in [4.69, 9.17) is 21.1 Å². The van der Waals surface area contributed by atoms with Gasteiger partial charge in [-0.15, -0.1) is 0 Å². The standard InChI is InChI=1S/C15H17ClN2O4/c1-10-7-17(4-5-21-10)14(19)8-18-12-6-11(16)2-3-13(12)22-9-15(18)20/h2-3,6,10H,4-5,7-9H2,1H3. The Morgan fingerprint density at radius 2 is 2.27 bits per heavy atom. The minimum atomic E-state index is -0.246. The van der Waals surface area contributed by atoms with Crippen molar-refractivity contribution in [2.45, 2.75) is 13.0 Å². The van der Waals surface area contributed by atoms with Gasteiger partial charge in [-0.05, 0) is 25.1 Å². The Balaban J connectivity index is 1.78. The van der Waals surface area contributed by atoms with Crippen LogP contribution in [0, 0.1) is 0 Å². The molecule has 0 N–H and O–H groups in total. The molecule has 0 bridgehead atoms. The van der Waals surface area contributed by atoms with E-state index in [9.17, 15) is 9.59 Å². The fraction of sp³-hybridized carbons (Fsp3) is 0.467. The lowest BCUT2D eigenvalue weighted by molar-refractivity contribution is -0.138. The highest BCUT2D eigenvalue weighted by Crippen LogP contribution is 2.34. The summed E-state index contributed by atoms with van der Waals surface area (Å²) in [5.74, 6) is 0.216. The van der Waals surface area contributed by atoms with Gasteiger partial charge >= 0.3 is 0 Å². The molecule has 7 heteroatoms. The Hall–Kier alpha value is -1.79. The van der Waals surface area contributed by atoms with Crippen LogP contribution < -0.4 is 9.64 Å². The number of hydrogen-bond acceptors (Lipinski definition) is 4. The number of fused-ring (bicyclic) bond motifs is 1. The van der Waals surface area contributed by atoms with Crippen molar-refractivity contribution >= 4 is 29.1 Å². The van der Waals surface area contributed by atoms with Gasteiger partial charge in [0.1, 0.15) is 12.3 Å². The lowest BCUT2D eigenvalue weighted by Crippen LogP contribution is -2.50. The first-order valence-electron chi connectivity index (χ1n) is 7.16. The van der Waals surface area contributed by atoms with Crippen LogP contribution in [0.5, 0.6) is 5.75 Å². The topological polar surface area (TPSA) is 59.1 Å². The number of carbonyl (C=O) groups is 2. The summed E-state index contributed by atoms with van der Waals surface area (Å²) in [4.78, 5) is 27.7. The summed E-state index contributed by atoms with van der Waals surface area (Å²) in [7, 11) is 0. The molecule has 0 aliphatic carbocycles. The van der Waals surface area contributed by atoms with Crippen molar-refractivity contribution in [3.8, 4) is 5.75 Å². The molecule has 2 aliphatic heterocycles. The van der Waals surface area contributed by atoms with E-state index in [1.54, 1.807) is 23.1 Å². The average Bonchev–Trinajstić information content (AvgIpc) is 2.50. The van der Waals surface area contributed by atoms with Crippen LogP contribution in [-0.4, -0.2) is 55.7 Å². The molecule has 1 aromatic rings. The lowest BCUT2D eigenvalue weighted by atomic mass is 10.2. The molecule has 1 aromatic carbocycles. The highest BCUT2D eigenvalue weighted by Gasteiger charge is 2.30. The third kappa shape index (κ3) is 3.03. The number of rotatable bonds is 2. The molecule has 6 nitrogen and oxygen atoms in total. The molecule has 0 spiro atoms. The van der Waals surface area contributed by atoms with Crippen molar-refractivity contribution in [3.63, 3.8) is 0 Å². The van der Waals surface area contributed by atoms with Gasteiger partial charge in [0.15, 0.2) is 6.61 Å². The van der Waals surface area contributed by atoms with E-state index in [0.717, 1.165) is 0 Å². The zero-order valence-corrected chi connectivity index (χ0v) is 13.0. The molecular weight excluding hydrogens is 308 g/mol. The van der Waals surface area contributed by atoms with E-state index in [1.165, 1.54) is 4.90 Å². The summed E-state index contributed by atoms with van der Waals surface area (Å²) in [6, 6.07) is 5.04. The lowest BCUT2D eigenvalue weighted by Gasteiger charge is -2.34. The molecule has 3 rings (SSSR count). The van der Waals surface area contributed by atoms with E-state index < -0.39 is 0 Å². The maximum absolute atomic E-state index is 12.5. The van der Waals surface area contributed by atoms with Crippen LogP contribution in [0.15, 0.2) is 18.2 Å². The second kappa shape index (κ2) is 6.14. The van der Waals surface area contributed by atoms with E-state index in [-0.39, 0.29) is 31.1 Å². The van der Waals surface area contributed by atoms with Crippen LogP contribution in [0.25, 0.3) is 0 Å². The second-order valence-electron chi connectivity index (χ2n) is 5.40. The average molecular weight is 325 g/mol. The predicted octanol–water partition coefficient (Wildman–Crippen LogP) is 1.31. The van der Waals surface area contributed by atoms with Gasteiger partial charge in [-0.3, -0.25) is 14.5 Å². The number of anilines is 1. The number of benzene rings is 1. The molecular formula is C15H17ClN2O4. The summed E-state index contributed by atoms with van der Waals surface area (Å²) in [6.07, 6.45) is 0.0137. The Morgan fingerprint density at radius 1 is 1.45 bits per heavy atom. The molecule has 0 aromatic heterocycles. The molecule has 0 radical (unpaired) electrons. The monoisotopic (exact) mass is 324 g/mol. The largest absolute Gasteiger partial charge is 0.482 e. The fourth-order valence-corrected chi connectivity index (χ4v) is 2.80. The first kappa shape index (κ1) is 15.1. The summed E-state index contributed by atoms with van der Waals surface area (Å²) < 4.78 is 10.8. The first-order chi connectivity index (χ1) is 10.5. The van der Waals surface area contributed by atoms with Crippen molar-refractivity contribution in [3.05, 3.63) is 23.2 Å². The van der Waals surface area contributed by atoms with Gasteiger partial charge in [-0.25, -0.2) is 0 Å². The number of morpholine rings is 1. The number of carbonyl (C=O) groups excluding carboxylic acids is 2. The van der Waals surface area contributed by atoms with E-state index in [1.807, 2.05) is 6.92 Å². The van der Waals surface area contributed by atoms with Gasteiger partial charge in [0.2, 0.25) is 5.91 Å². The van der Waals surface area contributed by atoms with Crippen LogP contribution in [0.3, 0.4) is 0 Å². The molecule has 22 heavy (non-hydrogen) atoms. The zero-order chi connectivity index (χ0) is 15.7. The Kier molecular flexibility index (Phi) is 4.22. The molecule has 118 valence electrons. The third-order valence-electron chi connectivity index (χ3n) is 3.75. The summed E-state index contributed by atoms with van der Waals surface area (Å²) in [6.45, 7) is 3.45. The summed E-state index contributed by atoms with van der Waals surface area (Å²) in [5.41, 5.74) is 0.540. The summed E-state index contributed by atoms with van der Waals surface area (Å²) >= 11 is 5.99. The van der Waals surface area contributed by atoms with Crippen LogP contribution >= 0.6 is 11.6 Å². The highest BCUT2D eigenvalue weighted by molar-refractivity contribution is 6.31. The molecule has 0 saturated carbocycles. The molecule has 2 heterocycles. The second-order valence-corrected chi connectivity index (χ2v) is 5.84. The van der Waals surface area contributed by atoms with Gasteiger partial charge < -0.3 is 14.4 Å². The van der Waals surface area contributed by atoms with E-state index >= 15 is 0 Å². The van der Waals surface area contributed by atoms with Crippen LogP contribution in [0.2, 0.25) is 5.02 Å². The van der Waals surface area contributed by atoms with Crippen molar-refractivity contribution in [2.75, 3.05) is 37.7 Å². The fourth-order valence-electron chi connectivity index (χ4n) is 2.63. The normalized spacial score (nSPS) is 21.4. The third-order valence-corrected chi connectivity index (χ3v) is 3.99. The van der Waals surface area contributed by atoms with Crippen molar-refractivity contribution in [1.82, 2.24) is 4.90 Å². The van der Waals surface area contributed by atoms with Gasteiger partial charge in [-0.2, -0.15) is 0 Å². The molecule has 2 amide bonds. The zero-order valence-electron chi connectivity index (χ0n) is 12.3. The molecule has 2 aliphatic rings. The Morgan fingerprint density at radius 3 is 3.05 bits per heavy atom. The van der Waals surface area contributed by atoms with Crippen molar-refractivity contribution < 1.29 is 19.1 Å². The number of nitrogens with zero attached hydrogens (tertiary/aromatic N) is 2. The van der Waals surface area contributed by atoms with E-state index in [2.05, 4.69) is 0 Å². The van der Waals surface area contributed by atoms with Crippen molar-refractivity contribution in [1.29, 1.82) is 0 Å². The maximum atomic E-state index is 12.5. The first-order valence-corrected chi connectivity index (χ1v) is 7.54. The van der Waals surface area contributed by atoms with Crippen LogP contribution in [-0.2, 0) is 14.3 Å². The van der Waals surface area contributed by atoms with Crippen LogP contribution in [0.4, 0.5) is 5.69 Å². The van der Waals surface area contributed by atoms with Gasteiger partial charge in [0.05, 0.1) is 18.4 Å². The minimum absolute atomic E-state index is 0.0117. The predicted molar refractivity (Wildman–Crippen MR) is 81.3 cm³/mol. The van der Waals surface area contributed by atoms with Crippen LogP contribution in [0.1, 0.15) is 6.92 Å². The summed E-state index contributed by atoms with van der Waals surface area (Å²) in [5, 5.41) is 0.495. The molecule has 1 fully saturated rings. The highest BCUT2D eigenvalue weighted by atomic mass is 35.5. The van der Waals surface area contributed by atoms with Gasteiger partial charge in [-0.1, -0.05) is 11.6 Å².